The van der Waals surface area contributed by atoms with E-state index >= 15 is 0 Å². The number of rotatable bonds is 5. The van der Waals surface area contributed by atoms with Crippen LogP contribution in [0.5, 0.6) is 5.75 Å². The Morgan fingerprint density at radius 2 is 1.74 bits per heavy atom. The number of amides is 3. The van der Waals surface area contributed by atoms with Crippen molar-refractivity contribution in [3.8, 4) is 5.75 Å². The van der Waals surface area contributed by atoms with Crippen molar-refractivity contribution in [2.45, 2.75) is 12.1 Å². The number of halogens is 1. The third-order valence-corrected chi connectivity index (χ3v) is 7.71. The fourth-order valence-corrected chi connectivity index (χ4v) is 5.94. The number of carbonyl (C=O) groups is 3. The lowest BCUT2D eigenvalue weighted by Gasteiger charge is -2.35. The number of methoxy groups -OCH3 is 1. The van der Waals surface area contributed by atoms with Gasteiger partial charge in [-0.2, -0.15) is 0 Å². The van der Waals surface area contributed by atoms with Crippen LogP contribution in [0, 0.1) is 22.0 Å². The molecule has 2 fully saturated rings. The number of imide groups is 1. The highest BCUT2D eigenvalue weighted by molar-refractivity contribution is 6.30. The molecule has 3 aliphatic rings. The summed E-state index contributed by atoms with van der Waals surface area (Å²) >= 11 is 5.98. The number of carbonyl (C=O) groups excluding carboxylic acids is 3. The third kappa shape index (κ3) is 3.83. The van der Waals surface area contributed by atoms with E-state index in [4.69, 9.17) is 16.3 Å². The molecule has 3 aromatic carbocycles. The number of benzene rings is 3. The van der Waals surface area contributed by atoms with Crippen molar-refractivity contribution in [1.82, 2.24) is 4.90 Å². The van der Waals surface area contributed by atoms with Crippen LogP contribution in [0.15, 0.2) is 72.9 Å². The van der Waals surface area contributed by atoms with Crippen molar-refractivity contribution < 1.29 is 24.0 Å². The smallest absolute Gasteiger partial charge is 0.271 e. The Labute approximate surface area is 227 Å². The maximum absolute atomic E-state index is 14.1. The summed E-state index contributed by atoms with van der Waals surface area (Å²) < 4.78 is 5.36. The number of nitro groups is 1. The molecule has 0 saturated carbocycles. The molecule has 39 heavy (non-hydrogen) atoms. The lowest BCUT2D eigenvalue weighted by molar-refractivity contribution is -0.384. The molecule has 10 nitrogen and oxygen atoms in total. The van der Waals surface area contributed by atoms with E-state index in [2.05, 4.69) is 5.32 Å². The first-order valence-corrected chi connectivity index (χ1v) is 12.5. The van der Waals surface area contributed by atoms with Gasteiger partial charge in [-0.3, -0.25) is 24.5 Å². The molecule has 0 aliphatic carbocycles. The molecule has 0 radical (unpaired) electrons. The van der Waals surface area contributed by atoms with Crippen molar-refractivity contribution in [2.24, 2.45) is 11.8 Å². The van der Waals surface area contributed by atoms with Crippen LogP contribution < -0.4 is 15.0 Å². The molecule has 3 aliphatic heterocycles. The van der Waals surface area contributed by atoms with Crippen LogP contribution in [0.3, 0.4) is 0 Å². The second-order valence-electron chi connectivity index (χ2n) is 9.45. The number of ether oxygens (including phenoxy) is 1. The van der Waals surface area contributed by atoms with Gasteiger partial charge in [-0.05, 0) is 47.5 Å². The number of non-ortho nitro benzene ring substituents is 1. The van der Waals surface area contributed by atoms with Crippen LogP contribution in [-0.4, -0.2) is 40.7 Å². The summed E-state index contributed by atoms with van der Waals surface area (Å²) in [5.74, 6) is -3.47. The molecule has 0 aromatic heterocycles. The Morgan fingerprint density at radius 3 is 2.46 bits per heavy atom. The van der Waals surface area contributed by atoms with Crippen LogP contribution in [0.2, 0.25) is 5.02 Å². The molecule has 0 bridgehead atoms. The molecular formula is C28H21ClN4O6. The van der Waals surface area contributed by atoms with Crippen molar-refractivity contribution >= 4 is 52.5 Å². The highest BCUT2D eigenvalue weighted by Gasteiger charge is 2.65. The molecule has 3 aromatic rings. The Hall–Kier alpha value is -4.70. The maximum atomic E-state index is 14.1. The van der Waals surface area contributed by atoms with Crippen LogP contribution in [0.25, 0.3) is 6.08 Å². The standard InChI is InChI=1S/C28H21ClN4O6/c1-39-21-11-10-18(33(37)38)14-20(21)32-27(35)22-23(28(32)36)25(26(34)30-17-8-6-16(29)7-9-17)31-13-12-15-4-2-3-5-19(15)24(22)31/h2-14,22-25H,1H3,(H,30,34)/t22-,23+,24?,25-/m1/s1. The Kier molecular flexibility index (Phi) is 5.84. The second-order valence-corrected chi connectivity index (χ2v) is 9.89. The number of nitrogens with zero attached hydrogens (tertiary/aromatic N) is 3. The topological polar surface area (TPSA) is 122 Å². The zero-order chi connectivity index (χ0) is 27.4. The van der Waals surface area contributed by atoms with Gasteiger partial charge in [-0.15, -0.1) is 0 Å². The van der Waals surface area contributed by atoms with Crippen LogP contribution >= 0.6 is 11.6 Å². The minimum atomic E-state index is -1.05. The molecule has 11 heteroatoms. The first kappa shape index (κ1) is 24.6. The van der Waals surface area contributed by atoms with Crippen molar-refractivity contribution in [3.63, 3.8) is 0 Å². The number of fused-ring (bicyclic) bond motifs is 5. The highest BCUT2D eigenvalue weighted by Crippen LogP contribution is 2.54. The number of anilines is 2. The van der Waals surface area contributed by atoms with Crippen LogP contribution in [0.4, 0.5) is 17.1 Å². The monoisotopic (exact) mass is 544 g/mol. The minimum absolute atomic E-state index is 0.0286. The summed E-state index contributed by atoms with van der Waals surface area (Å²) in [5, 5.41) is 14.8. The van der Waals surface area contributed by atoms with Gasteiger partial charge < -0.3 is 15.0 Å². The van der Waals surface area contributed by atoms with Gasteiger partial charge in [-0.1, -0.05) is 35.9 Å². The normalized spacial score (nSPS) is 22.8. The van der Waals surface area contributed by atoms with E-state index in [9.17, 15) is 24.5 Å². The fraction of sp³-hybridized carbons (Fsp3) is 0.179. The Bertz CT molecular complexity index is 1570. The summed E-state index contributed by atoms with van der Waals surface area (Å²) in [6.45, 7) is 0. The Balaban J connectivity index is 1.46. The van der Waals surface area contributed by atoms with E-state index in [0.29, 0.717) is 10.7 Å². The van der Waals surface area contributed by atoms with Gasteiger partial charge in [0.25, 0.3) is 5.69 Å². The first-order valence-electron chi connectivity index (χ1n) is 12.1. The van der Waals surface area contributed by atoms with E-state index < -0.39 is 46.6 Å². The van der Waals surface area contributed by atoms with Gasteiger partial charge in [0.05, 0.1) is 29.9 Å². The van der Waals surface area contributed by atoms with E-state index in [1.807, 2.05) is 30.3 Å². The summed E-state index contributed by atoms with van der Waals surface area (Å²) in [5.41, 5.74) is 1.85. The lowest BCUT2D eigenvalue weighted by Crippen LogP contribution is -2.46. The molecule has 1 N–H and O–H groups in total. The summed E-state index contributed by atoms with van der Waals surface area (Å²) in [7, 11) is 1.35. The van der Waals surface area contributed by atoms with E-state index in [0.717, 1.165) is 22.1 Å². The van der Waals surface area contributed by atoms with Crippen molar-refractivity contribution in [3.05, 3.63) is 99.2 Å². The highest BCUT2D eigenvalue weighted by atomic mass is 35.5. The summed E-state index contributed by atoms with van der Waals surface area (Å²) in [6.07, 6.45) is 3.60. The second kappa shape index (κ2) is 9.25. The molecule has 196 valence electrons. The maximum Gasteiger partial charge on any atom is 0.271 e. The Morgan fingerprint density at radius 1 is 1.03 bits per heavy atom. The van der Waals surface area contributed by atoms with Crippen molar-refractivity contribution in [2.75, 3.05) is 17.3 Å². The molecule has 4 atom stereocenters. The van der Waals surface area contributed by atoms with E-state index in [1.165, 1.54) is 19.2 Å². The predicted octanol–water partition coefficient (Wildman–Crippen LogP) is 4.41. The number of nitrogens with one attached hydrogen (secondary N) is 1. The van der Waals surface area contributed by atoms with Gasteiger partial charge in [0.2, 0.25) is 17.7 Å². The number of nitro benzene ring substituents is 1. The van der Waals surface area contributed by atoms with Crippen molar-refractivity contribution in [1.29, 1.82) is 0 Å². The predicted molar refractivity (Wildman–Crippen MR) is 143 cm³/mol. The molecule has 6 rings (SSSR count). The molecule has 3 heterocycles. The number of hydrogen-bond acceptors (Lipinski definition) is 7. The molecule has 1 unspecified atom stereocenters. The molecular weight excluding hydrogens is 524 g/mol. The summed E-state index contributed by atoms with van der Waals surface area (Å²) in [6, 6.07) is 16.2. The van der Waals surface area contributed by atoms with E-state index in [1.54, 1.807) is 35.4 Å². The van der Waals surface area contributed by atoms with Gasteiger partial charge in [0, 0.05) is 29.0 Å². The average molecular weight is 545 g/mol. The van der Waals surface area contributed by atoms with E-state index in [-0.39, 0.29) is 17.1 Å². The minimum Gasteiger partial charge on any atom is -0.495 e. The lowest BCUT2D eigenvalue weighted by atomic mass is 9.84. The van der Waals surface area contributed by atoms with Gasteiger partial charge >= 0.3 is 0 Å². The van der Waals surface area contributed by atoms with Gasteiger partial charge in [-0.25, -0.2) is 4.90 Å². The third-order valence-electron chi connectivity index (χ3n) is 7.46. The quantitative estimate of drug-likeness (QED) is 0.287. The van der Waals surface area contributed by atoms with Crippen LogP contribution in [-0.2, 0) is 14.4 Å². The molecule has 0 spiro atoms. The zero-order valence-electron chi connectivity index (χ0n) is 20.5. The average Bonchev–Trinajstić information content (AvgIpc) is 3.41. The number of hydrogen-bond donors (Lipinski definition) is 1. The van der Waals surface area contributed by atoms with Crippen LogP contribution in [0.1, 0.15) is 17.2 Å². The summed E-state index contributed by atoms with van der Waals surface area (Å²) in [4.78, 5) is 55.4. The SMILES string of the molecule is COc1ccc([N+](=O)[O-])cc1N1C(=O)[C@H]2[C@@H](C1=O)C1c3ccccc3C=CN1[C@H]2C(=O)Nc1ccc(Cl)cc1. The first-order chi connectivity index (χ1) is 18.8. The largest absolute Gasteiger partial charge is 0.495 e. The molecule has 2 saturated heterocycles. The van der Waals surface area contributed by atoms with Gasteiger partial charge in [0.15, 0.2) is 0 Å². The van der Waals surface area contributed by atoms with Gasteiger partial charge in [0.1, 0.15) is 17.5 Å². The molecule has 3 amide bonds. The fourth-order valence-electron chi connectivity index (χ4n) is 5.81. The zero-order valence-corrected chi connectivity index (χ0v) is 21.2.